The average molecular weight is 270 g/mol. The zero-order chi connectivity index (χ0) is 13.2. The Morgan fingerprint density at radius 3 is 2.89 bits per heavy atom. The molecule has 0 saturated heterocycles. The summed E-state index contributed by atoms with van der Waals surface area (Å²) >= 11 is 0. The van der Waals surface area contributed by atoms with E-state index in [2.05, 4.69) is 9.71 Å². The number of hydrogen-bond acceptors (Lipinski definition) is 4. The number of aromatic nitrogens is 1. The number of benzene rings is 1. The molecule has 0 atom stereocenters. The molecule has 0 saturated carbocycles. The van der Waals surface area contributed by atoms with E-state index in [1.165, 1.54) is 0 Å². The Morgan fingerprint density at radius 2 is 2.17 bits per heavy atom. The van der Waals surface area contributed by atoms with Gasteiger partial charge in [0.2, 0.25) is 10.0 Å². The van der Waals surface area contributed by atoms with E-state index in [1.807, 2.05) is 6.07 Å². The minimum atomic E-state index is -3.16. The molecule has 0 aliphatic carbocycles. The molecule has 98 valence electrons. The predicted octanol–water partition coefficient (Wildman–Crippen LogP) is 0.603. The number of sulfonamides is 1. The molecular formula is C11H14N2O4S. The van der Waals surface area contributed by atoms with Gasteiger partial charge in [-0.1, -0.05) is 6.07 Å². The fourth-order valence-electron chi connectivity index (χ4n) is 1.60. The molecule has 0 amide bonds. The van der Waals surface area contributed by atoms with E-state index in [0.29, 0.717) is 24.1 Å². The lowest BCUT2D eigenvalue weighted by atomic mass is 10.1. The van der Waals surface area contributed by atoms with Crippen LogP contribution in [-0.4, -0.2) is 25.7 Å². The van der Waals surface area contributed by atoms with Crippen molar-refractivity contribution in [2.24, 2.45) is 0 Å². The van der Waals surface area contributed by atoms with Crippen molar-refractivity contribution in [2.45, 2.75) is 13.3 Å². The molecule has 1 aromatic carbocycles. The van der Waals surface area contributed by atoms with Gasteiger partial charge in [-0.3, -0.25) is 4.98 Å². The summed E-state index contributed by atoms with van der Waals surface area (Å²) in [5, 5.41) is 0. The highest BCUT2D eigenvalue weighted by Crippen LogP contribution is 2.12. The van der Waals surface area contributed by atoms with Gasteiger partial charge in [-0.2, -0.15) is 0 Å². The molecule has 0 unspecified atom stereocenters. The van der Waals surface area contributed by atoms with Crippen molar-refractivity contribution < 1.29 is 12.8 Å². The van der Waals surface area contributed by atoms with Crippen molar-refractivity contribution in [1.82, 2.24) is 9.71 Å². The SMILES string of the molecule is CCS(=O)(=O)NCCc1ccc2[nH]c(=O)oc2c1. The molecule has 18 heavy (non-hydrogen) atoms. The number of fused-ring (bicyclic) bond motifs is 1. The minimum absolute atomic E-state index is 0.0682. The zero-order valence-corrected chi connectivity index (χ0v) is 10.7. The topological polar surface area (TPSA) is 92.2 Å². The van der Waals surface area contributed by atoms with E-state index in [0.717, 1.165) is 5.56 Å². The Hall–Kier alpha value is -1.60. The highest BCUT2D eigenvalue weighted by Gasteiger charge is 2.06. The standard InChI is InChI=1S/C11H14N2O4S/c1-2-18(15,16)12-6-5-8-3-4-9-10(7-8)17-11(14)13-9/h3-4,7,12H,2,5-6H2,1H3,(H,13,14). The van der Waals surface area contributed by atoms with E-state index in [1.54, 1.807) is 19.1 Å². The van der Waals surface area contributed by atoms with E-state index < -0.39 is 15.8 Å². The van der Waals surface area contributed by atoms with Crippen LogP contribution in [0.4, 0.5) is 0 Å². The van der Waals surface area contributed by atoms with E-state index in [9.17, 15) is 13.2 Å². The molecule has 0 aliphatic rings. The molecule has 0 bridgehead atoms. The monoisotopic (exact) mass is 270 g/mol. The molecule has 1 heterocycles. The Bertz CT molecular complexity index is 699. The van der Waals surface area contributed by atoms with Crippen LogP contribution < -0.4 is 10.5 Å². The van der Waals surface area contributed by atoms with Gasteiger partial charge < -0.3 is 4.42 Å². The predicted molar refractivity (Wildman–Crippen MR) is 68.0 cm³/mol. The second-order valence-electron chi connectivity index (χ2n) is 3.89. The van der Waals surface area contributed by atoms with Crippen molar-refractivity contribution in [3.8, 4) is 0 Å². The molecule has 1 aromatic heterocycles. The Kier molecular flexibility index (Phi) is 3.53. The van der Waals surface area contributed by atoms with Crippen molar-refractivity contribution in [2.75, 3.05) is 12.3 Å². The van der Waals surface area contributed by atoms with Crippen LogP contribution in [0.3, 0.4) is 0 Å². The van der Waals surface area contributed by atoms with Gasteiger partial charge in [-0.25, -0.2) is 17.9 Å². The van der Waals surface area contributed by atoms with Crippen LogP contribution in [0, 0.1) is 0 Å². The third kappa shape index (κ3) is 2.99. The minimum Gasteiger partial charge on any atom is -0.408 e. The lowest BCUT2D eigenvalue weighted by Crippen LogP contribution is -2.27. The molecule has 2 N–H and O–H groups in total. The number of aromatic amines is 1. The summed E-state index contributed by atoms with van der Waals surface area (Å²) in [5.74, 6) is -0.424. The van der Waals surface area contributed by atoms with Gasteiger partial charge in [-0.15, -0.1) is 0 Å². The summed E-state index contributed by atoms with van der Waals surface area (Å²) in [6.45, 7) is 1.92. The van der Waals surface area contributed by atoms with E-state index >= 15 is 0 Å². The highest BCUT2D eigenvalue weighted by molar-refractivity contribution is 7.89. The second-order valence-corrected chi connectivity index (χ2v) is 5.99. The Labute approximate surface area is 104 Å². The summed E-state index contributed by atoms with van der Waals surface area (Å²) in [7, 11) is -3.16. The van der Waals surface area contributed by atoms with Gasteiger partial charge >= 0.3 is 5.76 Å². The van der Waals surface area contributed by atoms with Crippen LogP contribution in [0.5, 0.6) is 0 Å². The second kappa shape index (κ2) is 4.95. The first-order valence-corrected chi connectivity index (χ1v) is 7.24. The Morgan fingerprint density at radius 1 is 1.39 bits per heavy atom. The molecule has 0 spiro atoms. The number of rotatable bonds is 5. The van der Waals surface area contributed by atoms with Gasteiger partial charge in [0.25, 0.3) is 0 Å². The first-order valence-electron chi connectivity index (χ1n) is 5.59. The smallest absolute Gasteiger partial charge is 0.408 e. The maximum Gasteiger partial charge on any atom is 0.417 e. The maximum absolute atomic E-state index is 11.2. The molecule has 0 aliphatic heterocycles. The third-order valence-electron chi connectivity index (χ3n) is 2.60. The fraction of sp³-hybridized carbons (Fsp3) is 0.364. The average Bonchev–Trinajstić information content (AvgIpc) is 2.68. The van der Waals surface area contributed by atoms with Crippen LogP contribution >= 0.6 is 0 Å². The van der Waals surface area contributed by atoms with Gasteiger partial charge in [0.05, 0.1) is 11.3 Å². The molecular weight excluding hydrogens is 256 g/mol. The summed E-state index contributed by atoms with van der Waals surface area (Å²) < 4.78 is 29.9. The first kappa shape index (κ1) is 12.8. The summed E-state index contributed by atoms with van der Waals surface area (Å²) in [6.07, 6.45) is 0.546. The van der Waals surface area contributed by atoms with Gasteiger partial charge in [-0.05, 0) is 31.0 Å². The first-order chi connectivity index (χ1) is 8.50. The van der Waals surface area contributed by atoms with E-state index in [4.69, 9.17) is 4.42 Å². The molecule has 0 fully saturated rings. The van der Waals surface area contributed by atoms with Gasteiger partial charge in [0.15, 0.2) is 5.58 Å². The summed E-state index contributed by atoms with van der Waals surface area (Å²) in [4.78, 5) is 13.5. The Balaban J connectivity index is 2.06. The van der Waals surface area contributed by atoms with Crippen molar-refractivity contribution in [3.05, 3.63) is 34.3 Å². The zero-order valence-electron chi connectivity index (χ0n) is 9.89. The van der Waals surface area contributed by atoms with Crippen LogP contribution in [-0.2, 0) is 16.4 Å². The fourth-order valence-corrected chi connectivity index (χ4v) is 2.22. The molecule has 6 nitrogen and oxygen atoms in total. The summed E-state index contributed by atoms with van der Waals surface area (Å²) in [5.41, 5.74) is 2.03. The number of oxazole rings is 1. The normalized spacial score (nSPS) is 12.1. The number of H-pyrrole nitrogens is 1. The largest absolute Gasteiger partial charge is 0.417 e. The van der Waals surface area contributed by atoms with E-state index in [-0.39, 0.29) is 5.75 Å². The lowest BCUT2D eigenvalue weighted by Gasteiger charge is -2.04. The number of nitrogens with one attached hydrogen (secondary N) is 2. The van der Waals surface area contributed by atoms with Crippen LogP contribution in [0.1, 0.15) is 12.5 Å². The van der Waals surface area contributed by atoms with Gasteiger partial charge in [0.1, 0.15) is 0 Å². The third-order valence-corrected chi connectivity index (χ3v) is 4.01. The van der Waals surface area contributed by atoms with Crippen molar-refractivity contribution in [1.29, 1.82) is 0 Å². The lowest BCUT2D eigenvalue weighted by molar-refractivity contribution is 0.555. The quantitative estimate of drug-likeness (QED) is 0.832. The van der Waals surface area contributed by atoms with Gasteiger partial charge in [0, 0.05) is 6.54 Å². The van der Waals surface area contributed by atoms with Crippen LogP contribution in [0.25, 0.3) is 11.1 Å². The molecule has 2 rings (SSSR count). The van der Waals surface area contributed by atoms with Crippen LogP contribution in [0.2, 0.25) is 0 Å². The van der Waals surface area contributed by atoms with Crippen molar-refractivity contribution >= 4 is 21.1 Å². The molecule has 0 radical (unpaired) electrons. The molecule has 2 aromatic rings. The highest BCUT2D eigenvalue weighted by atomic mass is 32.2. The number of hydrogen-bond donors (Lipinski definition) is 2. The maximum atomic E-state index is 11.2. The summed E-state index contributed by atoms with van der Waals surface area (Å²) in [6, 6.07) is 5.30. The molecule has 7 heteroatoms. The van der Waals surface area contributed by atoms with Crippen molar-refractivity contribution in [3.63, 3.8) is 0 Å². The van der Waals surface area contributed by atoms with Crippen LogP contribution in [0.15, 0.2) is 27.4 Å².